The summed E-state index contributed by atoms with van der Waals surface area (Å²) in [6.07, 6.45) is 8.08. The number of hydrogen-bond donors (Lipinski definition) is 1. The highest BCUT2D eigenvalue weighted by Crippen LogP contribution is 2.13. The zero-order valence-electron chi connectivity index (χ0n) is 14.9. The quantitative estimate of drug-likeness (QED) is 0.423. The Kier molecular flexibility index (Phi) is 7.63. The number of unbranched alkanes of at least 4 members (excludes halogenated alkanes) is 3. The van der Waals surface area contributed by atoms with Crippen LogP contribution in [0.3, 0.4) is 0 Å². The summed E-state index contributed by atoms with van der Waals surface area (Å²) >= 11 is 0. The molecule has 5 heteroatoms. The van der Waals surface area contributed by atoms with Crippen LogP contribution in [-0.2, 0) is 0 Å². The van der Waals surface area contributed by atoms with Crippen molar-refractivity contribution in [1.29, 1.82) is 0 Å². The van der Waals surface area contributed by atoms with E-state index in [1.807, 2.05) is 31.2 Å². The number of nitrogens with one attached hydrogen (secondary N) is 1. The van der Waals surface area contributed by atoms with Gasteiger partial charge in [0.2, 0.25) is 0 Å². The Labute approximate surface area is 149 Å². The van der Waals surface area contributed by atoms with Crippen molar-refractivity contribution in [3.63, 3.8) is 0 Å². The van der Waals surface area contributed by atoms with Gasteiger partial charge >= 0.3 is 0 Å². The van der Waals surface area contributed by atoms with Gasteiger partial charge in [-0.2, -0.15) is 5.10 Å². The number of pyridine rings is 1. The SMILES string of the molecule is CCCCCCOc1ccc(C(=O)N/N=C(/C)c2ccncc2)cc1. The number of aromatic nitrogens is 1. The first kappa shape index (κ1) is 18.6. The summed E-state index contributed by atoms with van der Waals surface area (Å²) < 4.78 is 5.68. The summed E-state index contributed by atoms with van der Waals surface area (Å²) in [7, 11) is 0. The molecule has 0 unspecified atom stereocenters. The van der Waals surface area contributed by atoms with E-state index >= 15 is 0 Å². The van der Waals surface area contributed by atoms with E-state index in [1.165, 1.54) is 19.3 Å². The van der Waals surface area contributed by atoms with Crippen molar-refractivity contribution < 1.29 is 9.53 Å². The first-order chi connectivity index (χ1) is 12.2. The number of rotatable bonds is 9. The van der Waals surface area contributed by atoms with Crippen LogP contribution in [0.15, 0.2) is 53.9 Å². The van der Waals surface area contributed by atoms with E-state index in [1.54, 1.807) is 24.5 Å². The molecule has 0 spiro atoms. The molecule has 1 heterocycles. The van der Waals surface area contributed by atoms with E-state index in [-0.39, 0.29) is 5.91 Å². The van der Waals surface area contributed by atoms with E-state index < -0.39 is 0 Å². The van der Waals surface area contributed by atoms with Gasteiger partial charge in [-0.25, -0.2) is 5.43 Å². The molecule has 25 heavy (non-hydrogen) atoms. The molecule has 0 aliphatic carbocycles. The Hall–Kier alpha value is -2.69. The number of nitrogens with zero attached hydrogens (tertiary/aromatic N) is 2. The third-order valence-electron chi connectivity index (χ3n) is 3.81. The van der Waals surface area contributed by atoms with E-state index in [4.69, 9.17) is 4.74 Å². The molecule has 1 amide bonds. The van der Waals surface area contributed by atoms with Crippen molar-refractivity contribution in [2.45, 2.75) is 39.5 Å². The second kappa shape index (κ2) is 10.2. The molecule has 0 aliphatic heterocycles. The molecule has 1 aromatic carbocycles. The van der Waals surface area contributed by atoms with Crippen LogP contribution in [0.25, 0.3) is 0 Å². The number of carbonyl (C=O) groups excluding carboxylic acids is 1. The summed E-state index contributed by atoms with van der Waals surface area (Å²) in [4.78, 5) is 16.1. The Morgan fingerprint density at radius 3 is 2.44 bits per heavy atom. The Morgan fingerprint density at radius 2 is 1.76 bits per heavy atom. The van der Waals surface area contributed by atoms with Crippen LogP contribution in [0.4, 0.5) is 0 Å². The fourth-order valence-corrected chi connectivity index (χ4v) is 2.28. The normalized spacial score (nSPS) is 11.2. The van der Waals surface area contributed by atoms with Crippen LogP contribution in [0, 0.1) is 0 Å². The monoisotopic (exact) mass is 339 g/mol. The number of benzene rings is 1. The molecule has 0 saturated heterocycles. The molecule has 0 aliphatic rings. The van der Waals surface area contributed by atoms with E-state index in [2.05, 4.69) is 22.4 Å². The molecule has 0 fully saturated rings. The Balaban J connectivity index is 1.83. The lowest BCUT2D eigenvalue weighted by Gasteiger charge is -2.07. The topological polar surface area (TPSA) is 63.6 Å². The van der Waals surface area contributed by atoms with Gasteiger partial charge in [-0.05, 0) is 49.7 Å². The molecule has 0 bridgehead atoms. The van der Waals surface area contributed by atoms with Crippen LogP contribution in [0.2, 0.25) is 0 Å². The molecular formula is C20H25N3O2. The molecule has 2 rings (SSSR count). The number of ether oxygens (including phenoxy) is 1. The van der Waals surface area contributed by atoms with Crippen molar-refractivity contribution in [1.82, 2.24) is 10.4 Å². The lowest BCUT2D eigenvalue weighted by atomic mass is 10.2. The first-order valence-electron chi connectivity index (χ1n) is 8.68. The van der Waals surface area contributed by atoms with E-state index in [0.717, 1.165) is 23.4 Å². The van der Waals surface area contributed by atoms with Crippen molar-refractivity contribution >= 4 is 11.6 Å². The maximum absolute atomic E-state index is 12.2. The number of amides is 1. The van der Waals surface area contributed by atoms with Gasteiger partial charge in [0, 0.05) is 23.5 Å². The van der Waals surface area contributed by atoms with Gasteiger partial charge in [0.15, 0.2) is 0 Å². The van der Waals surface area contributed by atoms with Gasteiger partial charge < -0.3 is 4.74 Å². The number of hydrogen-bond acceptors (Lipinski definition) is 4. The maximum Gasteiger partial charge on any atom is 0.271 e. The van der Waals surface area contributed by atoms with E-state index in [0.29, 0.717) is 12.2 Å². The minimum absolute atomic E-state index is 0.247. The molecule has 0 radical (unpaired) electrons. The predicted molar refractivity (Wildman–Crippen MR) is 100.0 cm³/mol. The van der Waals surface area contributed by atoms with E-state index in [9.17, 15) is 4.79 Å². The summed E-state index contributed by atoms with van der Waals surface area (Å²) in [5, 5.41) is 4.13. The third kappa shape index (κ3) is 6.37. The van der Waals surface area contributed by atoms with Crippen molar-refractivity contribution in [3.8, 4) is 5.75 Å². The van der Waals surface area contributed by atoms with Crippen molar-refractivity contribution in [3.05, 3.63) is 59.9 Å². The van der Waals surface area contributed by atoms with Crippen molar-refractivity contribution in [2.24, 2.45) is 5.10 Å². The highest BCUT2D eigenvalue weighted by atomic mass is 16.5. The summed E-state index contributed by atoms with van der Waals surface area (Å²) in [5.74, 6) is 0.535. The first-order valence-corrected chi connectivity index (χ1v) is 8.68. The smallest absolute Gasteiger partial charge is 0.271 e. The zero-order valence-corrected chi connectivity index (χ0v) is 14.9. The zero-order chi connectivity index (χ0) is 17.9. The number of carbonyl (C=O) groups is 1. The molecule has 1 N–H and O–H groups in total. The van der Waals surface area contributed by atoms with Crippen molar-refractivity contribution in [2.75, 3.05) is 6.61 Å². The Morgan fingerprint density at radius 1 is 1.04 bits per heavy atom. The summed E-state index contributed by atoms with van der Waals surface area (Å²) in [6.45, 7) is 4.74. The molecule has 5 nitrogen and oxygen atoms in total. The largest absolute Gasteiger partial charge is 0.494 e. The average molecular weight is 339 g/mol. The molecule has 2 aromatic rings. The molecule has 0 saturated carbocycles. The van der Waals surface area contributed by atoms with Crippen LogP contribution < -0.4 is 10.2 Å². The highest BCUT2D eigenvalue weighted by Gasteiger charge is 2.05. The minimum atomic E-state index is -0.247. The van der Waals surface area contributed by atoms with Crippen LogP contribution >= 0.6 is 0 Å². The lowest BCUT2D eigenvalue weighted by Crippen LogP contribution is -2.19. The second-order valence-corrected chi connectivity index (χ2v) is 5.81. The molecule has 1 aromatic heterocycles. The fourth-order valence-electron chi connectivity index (χ4n) is 2.28. The third-order valence-corrected chi connectivity index (χ3v) is 3.81. The van der Waals surface area contributed by atoms with Gasteiger partial charge in [0.25, 0.3) is 5.91 Å². The Bertz CT molecular complexity index is 682. The van der Waals surface area contributed by atoms with Gasteiger partial charge in [-0.3, -0.25) is 9.78 Å². The minimum Gasteiger partial charge on any atom is -0.494 e. The summed E-state index contributed by atoms with van der Waals surface area (Å²) in [6, 6.07) is 10.8. The van der Waals surface area contributed by atoms with Crippen LogP contribution in [0.5, 0.6) is 5.75 Å². The maximum atomic E-state index is 12.2. The standard InChI is InChI=1S/C20H25N3O2/c1-3-4-5-6-15-25-19-9-7-18(8-10-19)20(24)23-22-16(2)17-11-13-21-14-12-17/h7-14H,3-6,15H2,1-2H3,(H,23,24)/b22-16-. The predicted octanol–water partition coefficient (Wildman–Crippen LogP) is 4.19. The van der Waals surface area contributed by atoms with Crippen LogP contribution in [-0.4, -0.2) is 23.2 Å². The number of hydrazone groups is 1. The van der Waals surface area contributed by atoms with Gasteiger partial charge in [0.05, 0.1) is 12.3 Å². The molecular weight excluding hydrogens is 314 g/mol. The molecule has 132 valence electrons. The highest BCUT2D eigenvalue weighted by molar-refractivity contribution is 6.00. The fraction of sp³-hybridized carbons (Fsp3) is 0.350. The summed E-state index contributed by atoms with van der Waals surface area (Å²) in [5.41, 5.74) is 4.76. The molecule has 0 atom stereocenters. The van der Waals surface area contributed by atoms with Gasteiger partial charge in [-0.1, -0.05) is 26.2 Å². The van der Waals surface area contributed by atoms with Gasteiger partial charge in [0.1, 0.15) is 5.75 Å². The van der Waals surface area contributed by atoms with Gasteiger partial charge in [-0.15, -0.1) is 0 Å². The second-order valence-electron chi connectivity index (χ2n) is 5.81. The lowest BCUT2D eigenvalue weighted by molar-refractivity contribution is 0.0955. The van der Waals surface area contributed by atoms with Crippen LogP contribution in [0.1, 0.15) is 55.5 Å². The average Bonchev–Trinajstić information content (AvgIpc) is 2.67.